The molecule has 3 nitrogen and oxygen atoms in total. The zero-order chi connectivity index (χ0) is 29.9. The van der Waals surface area contributed by atoms with Gasteiger partial charge in [-0.05, 0) is 72.2 Å². The van der Waals surface area contributed by atoms with Gasteiger partial charge in [0.1, 0.15) is 0 Å². The molecule has 0 aliphatic carbocycles. The van der Waals surface area contributed by atoms with E-state index in [1.165, 1.54) is 33.6 Å². The Balaban J connectivity index is 0.00000384. The fraction of sp³-hybridized carbons (Fsp3) is 0.400. The van der Waals surface area contributed by atoms with E-state index in [0.717, 1.165) is 51.9 Å². The second-order valence-electron chi connectivity index (χ2n) is 13.6. The molecule has 0 spiro atoms. The van der Waals surface area contributed by atoms with Crippen molar-refractivity contribution >= 4 is 23.8 Å². The van der Waals surface area contributed by atoms with Gasteiger partial charge in [0.25, 0.3) is 0 Å². The van der Waals surface area contributed by atoms with E-state index in [2.05, 4.69) is 147 Å². The minimum atomic E-state index is -0.00106. The molecule has 4 aromatic rings. The van der Waals surface area contributed by atoms with E-state index in [-0.39, 0.29) is 23.2 Å². The van der Waals surface area contributed by atoms with Gasteiger partial charge < -0.3 is 14.5 Å². The molecule has 0 amide bonds. The maximum Gasteiger partial charge on any atom is 0.0612 e. The number of nitrogens with zero attached hydrogens (tertiary/aromatic N) is 2. The van der Waals surface area contributed by atoms with Crippen molar-refractivity contribution in [2.45, 2.75) is 76.4 Å². The average molecular weight is 609 g/mol. The van der Waals surface area contributed by atoms with Crippen LogP contribution in [0.3, 0.4) is 0 Å². The van der Waals surface area contributed by atoms with E-state index < -0.39 is 0 Å². The first-order chi connectivity index (χ1) is 20.8. The lowest BCUT2D eigenvalue weighted by atomic mass is 9.78. The molecule has 232 valence electrons. The van der Waals surface area contributed by atoms with Crippen LogP contribution in [-0.2, 0) is 15.6 Å². The summed E-state index contributed by atoms with van der Waals surface area (Å²) in [6, 6.07) is 40.1. The minimum Gasteiger partial charge on any atom is -0.375 e. The third kappa shape index (κ3) is 7.00. The van der Waals surface area contributed by atoms with Crippen molar-refractivity contribution in [3.63, 3.8) is 0 Å². The summed E-state index contributed by atoms with van der Waals surface area (Å²) >= 11 is 0. The van der Waals surface area contributed by atoms with Crippen LogP contribution in [0.5, 0.6) is 0 Å². The summed E-state index contributed by atoms with van der Waals surface area (Å²) in [6.45, 7) is 13.5. The molecule has 2 aliphatic heterocycles. The summed E-state index contributed by atoms with van der Waals surface area (Å²) in [5.74, 6) is 0. The van der Waals surface area contributed by atoms with Crippen molar-refractivity contribution in [2.75, 3.05) is 36.0 Å². The van der Waals surface area contributed by atoms with Gasteiger partial charge in [0.2, 0.25) is 0 Å². The monoisotopic (exact) mass is 608 g/mol. The number of hydrogen-bond donors (Lipinski definition) is 0. The van der Waals surface area contributed by atoms with Crippen LogP contribution in [0.2, 0.25) is 0 Å². The van der Waals surface area contributed by atoms with Crippen LogP contribution in [0, 0.1) is 0 Å². The lowest BCUT2D eigenvalue weighted by Crippen LogP contribution is -2.42. The molecule has 2 saturated heterocycles. The van der Waals surface area contributed by atoms with Crippen LogP contribution in [-0.4, -0.2) is 38.4 Å². The van der Waals surface area contributed by atoms with Crippen LogP contribution < -0.4 is 9.80 Å². The molecule has 2 aliphatic rings. The number of piperidine rings is 2. The largest absolute Gasteiger partial charge is 0.375 e. The van der Waals surface area contributed by atoms with Crippen LogP contribution >= 0.6 is 12.4 Å². The standard InChI is InChI=1S/C40H48N2O.ClH/c1-39(2,31-11-7-5-8-12-31)33-15-19-35(20-16-33)41-27-23-37(24-28-41)43-38-25-29-42(30-26-38)36-21-17-34(18-22-36)40(3,4)32-13-9-6-10-14-32;/h5-22,37-38H,23-30H2,1-4H3;1H. The van der Waals surface area contributed by atoms with Crippen molar-refractivity contribution < 1.29 is 4.74 Å². The lowest BCUT2D eigenvalue weighted by Gasteiger charge is -2.38. The summed E-state index contributed by atoms with van der Waals surface area (Å²) in [5.41, 5.74) is 8.09. The fourth-order valence-electron chi connectivity index (χ4n) is 6.99. The Labute approximate surface area is 271 Å². The Bertz CT molecular complexity index is 1320. The Morgan fingerprint density at radius 1 is 0.455 bits per heavy atom. The minimum absolute atomic E-state index is 0. The highest BCUT2D eigenvalue weighted by Gasteiger charge is 2.28. The molecule has 0 atom stereocenters. The highest BCUT2D eigenvalue weighted by molar-refractivity contribution is 5.85. The molecule has 0 radical (unpaired) electrons. The SMILES string of the molecule is CC(C)(c1ccccc1)c1ccc(N2CCC(OC3CCN(c4ccc(C(C)(C)c5ccccc5)cc4)CC3)CC2)cc1.Cl. The van der Waals surface area contributed by atoms with Gasteiger partial charge in [-0.25, -0.2) is 0 Å². The first kappa shape index (κ1) is 32.1. The molecule has 0 N–H and O–H groups in total. The van der Waals surface area contributed by atoms with Gasteiger partial charge in [0.15, 0.2) is 0 Å². The number of hydrogen-bond acceptors (Lipinski definition) is 3. The quantitative estimate of drug-likeness (QED) is 0.198. The third-order valence-corrected chi connectivity index (χ3v) is 10.2. The third-order valence-electron chi connectivity index (χ3n) is 10.2. The summed E-state index contributed by atoms with van der Waals surface area (Å²) in [4.78, 5) is 5.06. The summed E-state index contributed by atoms with van der Waals surface area (Å²) in [6.07, 6.45) is 5.19. The Hall–Kier alpha value is -3.27. The van der Waals surface area contributed by atoms with Crippen LogP contribution in [0.15, 0.2) is 109 Å². The Morgan fingerprint density at radius 3 is 1.07 bits per heavy atom. The topological polar surface area (TPSA) is 15.7 Å². The van der Waals surface area contributed by atoms with Crippen LogP contribution in [0.25, 0.3) is 0 Å². The van der Waals surface area contributed by atoms with Gasteiger partial charge in [-0.3, -0.25) is 0 Å². The molecular weight excluding hydrogens is 560 g/mol. The van der Waals surface area contributed by atoms with Gasteiger partial charge in [0, 0.05) is 48.4 Å². The molecule has 4 aromatic carbocycles. The number of rotatable bonds is 8. The second kappa shape index (κ2) is 13.8. The first-order valence-electron chi connectivity index (χ1n) is 16.3. The molecule has 2 fully saturated rings. The van der Waals surface area contributed by atoms with Crippen LogP contribution in [0.1, 0.15) is 75.6 Å². The predicted molar refractivity (Wildman–Crippen MR) is 189 cm³/mol. The summed E-state index contributed by atoms with van der Waals surface area (Å²) in [5, 5.41) is 0. The highest BCUT2D eigenvalue weighted by atomic mass is 35.5. The molecule has 0 aromatic heterocycles. The highest BCUT2D eigenvalue weighted by Crippen LogP contribution is 2.35. The van der Waals surface area contributed by atoms with E-state index >= 15 is 0 Å². The van der Waals surface area contributed by atoms with E-state index in [4.69, 9.17) is 4.74 Å². The van der Waals surface area contributed by atoms with E-state index in [0.29, 0.717) is 12.2 Å². The molecule has 0 saturated carbocycles. The van der Waals surface area contributed by atoms with E-state index in [1.54, 1.807) is 0 Å². The van der Waals surface area contributed by atoms with E-state index in [9.17, 15) is 0 Å². The fourth-order valence-corrected chi connectivity index (χ4v) is 6.99. The van der Waals surface area contributed by atoms with Crippen molar-refractivity contribution in [1.82, 2.24) is 0 Å². The number of anilines is 2. The second-order valence-corrected chi connectivity index (χ2v) is 13.6. The van der Waals surface area contributed by atoms with Gasteiger partial charge >= 0.3 is 0 Å². The Morgan fingerprint density at radius 2 is 0.750 bits per heavy atom. The average Bonchev–Trinajstić information content (AvgIpc) is 3.06. The van der Waals surface area contributed by atoms with Crippen molar-refractivity contribution in [3.8, 4) is 0 Å². The molecule has 0 unspecified atom stereocenters. The number of benzene rings is 4. The Kier molecular flexibility index (Phi) is 10.1. The normalized spacial score (nSPS) is 16.9. The summed E-state index contributed by atoms with van der Waals surface area (Å²) in [7, 11) is 0. The molecule has 44 heavy (non-hydrogen) atoms. The molecule has 0 bridgehead atoms. The zero-order valence-electron chi connectivity index (χ0n) is 26.9. The van der Waals surface area contributed by atoms with Crippen molar-refractivity contribution in [2.24, 2.45) is 0 Å². The lowest BCUT2D eigenvalue weighted by molar-refractivity contribution is -0.0337. The van der Waals surface area contributed by atoms with Crippen molar-refractivity contribution in [3.05, 3.63) is 131 Å². The molecule has 2 heterocycles. The van der Waals surface area contributed by atoms with Crippen LogP contribution in [0.4, 0.5) is 11.4 Å². The predicted octanol–water partition coefficient (Wildman–Crippen LogP) is 9.41. The molecular formula is C40H49ClN2O. The van der Waals surface area contributed by atoms with E-state index in [1.807, 2.05) is 0 Å². The van der Waals surface area contributed by atoms with Gasteiger partial charge in [-0.2, -0.15) is 0 Å². The maximum absolute atomic E-state index is 6.67. The summed E-state index contributed by atoms with van der Waals surface area (Å²) < 4.78 is 6.67. The first-order valence-corrected chi connectivity index (χ1v) is 16.3. The molecule has 6 rings (SSSR count). The number of halogens is 1. The van der Waals surface area contributed by atoms with Gasteiger partial charge in [0.05, 0.1) is 12.2 Å². The zero-order valence-corrected chi connectivity index (χ0v) is 27.7. The van der Waals surface area contributed by atoms with Gasteiger partial charge in [-0.1, -0.05) is 113 Å². The molecule has 4 heteroatoms. The smallest absolute Gasteiger partial charge is 0.0612 e. The maximum atomic E-state index is 6.67. The van der Waals surface area contributed by atoms with Gasteiger partial charge in [-0.15, -0.1) is 12.4 Å². The number of ether oxygens (including phenoxy) is 1. The van der Waals surface area contributed by atoms with Crippen molar-refractivity contribution in [1.29, 1.82) is 0 Å².